The summed E-state index contributed by atoms with van der Waals surface area (Å²) >= 11 is 1.42. The van der Waals surface area contributed by atoms with E-state index in [4.69, 9.17) is 9.47 Å². The average Bonchev–Trinajstić information content (AvgIpc) is 3.21. The van der Waals surface area contributed by atoms with Gasteiger partial charge in [-0.05, 0) is 25.7 Å². The number of methoxy groups -OCH3 is 1. The number of thiazole rings is 1. The quantitative estimate of drug-likeness (QED) is 0.927. The number of amides is 2. The van der Waals surface area contributed by atoms with Gasteiger partial charge in [0.25, 0.3) is 0 Å². The van der Waals surface area contributed by atoms with Crippen molar-refractivity contribution in [1.29, 1.82) is 0 Å². The zero-order chi connectivity index (χ0) is 14.8. The lowest BCUT2D eigenvalue weighted by Crippen LogP contribution is -2.51. The van der Waals surface area contributed by atoms with Crippen molar-refractivity contribution in [2.24, 2.45) is 5.92 Å². The summed E-state index contributed by atoms with van der Waals surface area (Å²) in [6.07, 6.45) is 2.73. The Kier molecular flexibility index (Phi) is 4.42. The lowest BCUT2D eigenvalue weighted by Gasteiger charge is -2.36. The van der Waals surface area contributed by atoms with Gasteiger partial charge in [0.1, 0.15) is 0 Å². The molecular weight excluding hydrogens is 290 g/mol. The Bertz CT molecular complexity index is 503. The molecule has 1 aliphatic carbocycles. The van der Waals surface area contributed by atoms with Crippen LogP contribution in [0.5, 0.6) is 0 Å². The molecule has 2 aliphatic rings. The van der Waals surface area contributed by atoms with Crippen LogP contribution in [0.15, 0.2) is 5.38 Å². The van der Waals surface area contributed by atoms with Crippen LogP contribution in [-0.2, 0) is 16.1 Å². The van der Waals surface area contributed by atoms with Gasteiger partial charge in [-0.15, -0.1) is 11.3 Å². The zero-order valence-electron chi connectivity index (χ0n) is 12.4. The number of anilines is 1. The molecular formula is C14H21N3O3S. The number of hydrogen-bond donors (Lipinski definition) is 1. The van der Waals surface area contributed by atoms with Crippen molar-refractivity contribution < 1.29 is 14.3 Å². The van der Waals surface area contributed by atoms with Crippen LogP contribution < -0.4 is 5.32 Å². The largest absolute Gasteiger partial charge is 0.378 e. The monoisotopic (exact) mass is 311 g/mol. The Labute approximate surface area is 128 Å². The second-order valence-electron chi connectivity index (χ2n) is 5.73. The highest BCUT2D eigenvalue weighted by Gasteiger charge is 2.38. The lowest BCUT2D eigenvalue weighted by atomic mass is 10.1. The van der Waals surface area contributed by atoms with Crippen LogP contribution in [0.1, 0.15) is 25.5 Å². The molecule has 0 aromatic carbocycles. The highest BCUT2D eigenvalue weighted by atomic mass is 32.1. The average molecular weight is 311 g/mol. The molecule has 0 spiro atoms. The molecule has 1 aliphatic heterocycles. The van der Waals surface area contributed by atoms with Crippen LogP contribution in [0.25, 0.3) is 0 Å². The Balaban J connectivity index is 1.58. The van der Waals surface area contributed by atoms with Crippen LogP contribution >= 0.6 is 11.3 Å². The molecule has 21 heavy (non-hydrogen) atoms. The van der Waals surface area contributed by atoms with Gasteiger partial charge in [-0.3, -0.25) is 5.32 Å². The van der Waals surface area contributed by atoms with E-state index in [1.165, 1.54) is 24.2 Å². The summed E-state index contributed by atoms with van der Waals surface area (Å²) in [5.74, 6) is 0.635. The van der Waals surface area contributed by atoms with Crippen LogP contribution in [0.4, 0.5) is 9.93 Å². The Morgan fingerprint density at radius 2 is 2.38 bits per heavy atom. The Morgan fingerprint density at radius 1 is 1.57 bits per heavy atom. The van der Waals surface area contributed by atoms with Gasteiger partial charge in [-0.25, -0.2) is 9.78 Å². The first-order chi connectivity index (χ1) is 10.2. The van der Waals surface area contributed by atoms with Crippen molar-refractivity contribution in [3.63, 3.8) is 0 Å². The molecule has 2 heterocycles. The van der Waals surface area contributed by atoms with Gasteiger partial charge >= 0.3 is 6.03 Å². The second kappa shape index (κ2) is 6.29. The standard InChI is InChI=1S/C14H21N3O3S/c1-9-5-17(6-12(20-9)10-3-4-10)14(18)16-13-15-11(7-19-2)8-21-13/h8-10,12H,3-7H2,1-2H3,(H,15,16,18)/t9-,12+/m1/s1. The SMILES string of the molecule is COCc1csc(NC(=O)N2C[C@@H](C)O[C@H](C3CC3)C2)n1. The molecule has 2 amide bonds. The molecule has 1 N–H and O–H groups in total. The van der Waals surface area contributed by atoms with E-state index < -0.39 is 0 Å². The van der Waals surface area contributed by atoms with Gasteiger partial charge in [-0.1, -0.05) is 0 Å². The van der Waals surface area contributed by atoms with E-state index in [2.05, 4.69) is 10.3 Å². The number of nitrogens with zero attached hydrogens (tertiary/aromatic N) is 2. The van der Waals surface area contributed by atoms with Crippen molar-refractivity contribution >= 4 is 22.5 Å². The number of carbonyl (C=O) groups is 1. The molecule has 0 unspecified atom stereocenters. The molecule has 2 fully saturated rings. The van der Waals surface area contributed by atoms with Crippen LogP contribution in [0, 0.1) is 5.92 Å². The number of carbonyl (C=O) groups excluding carboxylic acids is 1. The maximum Gasteiger partial charge on any atom is 0.323 e. The minimum atomic E-state index is -0.0888. The third kappa shape index (κ3) is 3.72. The zero-order valence-corrected chi connectivity index (χ0v) is 13.2. The number of rotatable bonds is 4. The molecule has 0 bridgehead atoms. The Morgan fingerprint density at radius 3 is 3.10 bits per heavy atom. The molecule has 1 saturated heterocycles. The van der Waals surface area contributed by atoms with E-state index in [0.29, 0.717) is 30.7 Å². The maximum absolute atomic E-state index is 12.4. The van der Waals surface area contributed by atoms with Crippen LogP contribution in [0.3, 0.4) is 0 Å². The van der Waals surface area contributed by atoms with E-state index in [0.717, 1.165) is 5.69 Å². The predicted octanol–water partition coefficient (Wildman–Crippen LogP) is 2.32. The lowest BCUT2D eigenvalue weighted by molar-refractivity contribution is -0.0717. The maximum atomic E-state index is 12.4. The molecule has 1 saturated carbocycles. The summed E-state index contributed by atoms with van der Waals surface area (Å²) in [5, 5.41) is 5.39. The highest BCUT2D eigenvalue weighted by molar-refractivity contribution is 7.13. The van der Waals surface area contributed by atoms with Crippen molar-refractivity contribution in [1.82, 2.24) is 9.88 Å². The smallest absolute Gasteiger partial charge is 0.323 e. The molecule has 116 valence electrons. The minimum Gasteiger partial charge on any atom is -0.378 e. The molecule has 1 aromatic heterocycles. The van der Waals surface area contributed by atoms with Gasteiger partial charge in [0.15, 0.2) is 5.13 Å². The van der Waals surface area contributed by atoms with E-state index >= 15 is 0 Å². The summed E-state index contributed by atoms with van der Waals surface area (Å²) in [6.45, 7) is 3.79. The van der Waals surface area contributed by atoms with Gasteiger partial charge in [0.2, 0.25) is 0 Å². The molecule has 1 aromatic rings. The molecule has 0 radical (unpaired) electrons. The predicted molar refractivity (Wildman–Crippen MR) is 80.5 cm³/mol. The first-order valence-electron chi connectivity index (χ1n) is 7.30. The topological polar surface area (TPSA) is 63.7 Å². The fraction of sp³-hybridized carbons (Fsp3) is 0.714. The number of ether oxygens (including phenoxy) is 2. The van der Waals surface area contributed by atoms with Crippen LogP contribution in [0.2, 0.25) is 0 Å². The third-order valence-electron chi connectivity index (χ3n) is 3.78. The normalized spacial score (nSPS) is 25.9. The summed E-state index contributed by atoms with van der Waals surface area (Å²) in [4.78, 5) is 18.5. The van der Waals surface area contributed by atoms with E-state index in [9.17, 15) is 4.79 Å². The van der Waals surface area contributed by atoms with E-state index in [-0.39, 0.29) is 18.2 Å². The number of nitrogens with one attached hydrogen (secondary N) is 1. The van der Waals surface area contributed by atoms with Crippen molar-refractivity contribution in [2.45, 2.75) is 38.6 Å². The first-order valence-corrected chi connectivity index (χ1v) is 8.18. The van der Waals surface area contributed by atoms with Crippen molar-refractivity contribution in [2.75, 3.05) is 25.5 Å². The number of hydrogen-bond acceptors (Lipinski definition) is 5. The molecule has 6 nitrogen and oxygen atoms in total. The summed E-state index contributed by atoms with van der Waals surface area (Å²) < 4.78 is 11.0. The Hall–Kier alpha value is -1.18. The number of morpholine rings is 1. The van der Waals surface area contributed by atoms with Gasteiger partial charge in [-0.2, -0.15) is 0 Å². The fourth-order valence-electron chi connectivity index (χ4n) is 2.63. The summed E-state index contributed by atoms with van der Waals surface area (Å²) in [6, 6.07) is -0.0888. The first kappa shape index (κ1) is 14.7. The van der Waals surface area contributed by atoms with Gasteiger partial charge in [0, 0.05) is 25.6 Å². The molecule has 2 atom stereocenters. The summed E-state index contributed by atoms with van der Waals surface area (Å²) in [7, 11) is 1.63. The number of urea groups is 1. The fourth-order valence-corrected chi connectivity index (χ4v) is 3.31. The van der Waals surface area contributed by atoms with Crippen molar-refractivity contribution in [3.05, 3.63) is 11.1 Å². The molecule has 7 heteroatoms. The van der Waals surface area contributed by atoms with E-state index in [1.54, 1.807) is 7.11 Å². The van der Waals surface area contributed by atoms with Gasteiger partial charge < -0.3 is 14.4 Å². The minimum absolute atomic E-state index is 0.0888. The highest BCUT2D eigenvalue weighted by Crippen LogP contribution is 2.36. The molecule has 3 rings (SSSR count). The van der Waals surface area contributed by atoms with E-state index in [1.807, 2.05) is 17.2 Å². The van der Waals surface area contributed by atoms with Gasteiger partial charge in [0.05, 0.1) is 24.5 Å². The number of aromatic nitrogens is 1. The van der Waals surface area contributed by atoms with Crippen molar-refractivity contribution in [3.8, 4) is 0 Å². The summed E-state index contributed by atoms with van der Waals surface area (Å²) in [5.41, 5.74) is 0.837. The second-order valence-corrected chi connectivity index (χ2v) is 6.59. The third-order valence-corrected chi connectivity index (χ3v) is 4.58. The van der Waals surface area contributed by atoms with Crippen LogP contribution in [-0.4, -0.2) is 48.3 Å².